The van der Waals surface area contributed by atoms with Gasteiger partial charge in [0, 0.05) is 30.2 Å². The lowest BCUT2D eigenvalue weighted by Gasteiger charge is -2.31. The minimum Gasteiger partial charge on any atom is -0.357 e. The molecule has 0 heterocycles. The van der Waals surface area contributed by atoms with Gasteiger partial charge in [-0.2, -0.15) is 0 Å². The number of halogens is 1. The van der Waals surface area contributed by atoms with E-state index in [0.29, 0.717) is 5.56 Å². The zero-order valence-electron chi connectivity index (χ0n) is 18.6. The normalized spacial score (nSPS) is 12.0. The summed E-state index contributed by atoms with van der Waals surface area (Å²) in [6.45, 7) is 2.57. The Balaban J connectivity index is 2.46. The van der Waals surface area contributed by atoms with Crippen LogP contribution in [0.5, 0.6) is 0 Å². The van der Waals surface area contributed by atoms with Crippen LogP contribution in [0.15, 0.2) is 46.9 Å². The molecule has 0 aliphatic heterocycles. The SMILES string of the molecule is CNC(=O)[C@@H](C)N(Cc1ccc(Br)cc1)C(=O)CN(c1cc([N+](=O)[O-])ccc1C)S(C)(=O)=O. The Kier molecular flexibility index (Phi) is 8.56. The summed E-state index contributed by atoms with van der Waals surface area (Å²) >= 11 is 3.34. The van der Waals surface area contributed by atoms with Crippen molar-refractivity contribution in [3.8, 4) is 0 Å². The fourth-order valence-electron chi connectivity index (χ4n) is 3.15. The maximum atomic E-state index is 13.3. The van der Waals surface area contributed by atoms with E-state index < -0.39 is 39.3 Å². The van der Waals surface area contributed by atoms with E-state index >= 15 is 0 Å². The number of nitro groups is 1. The van der Waals surface area contributed by atoms with Crippen LogP contribution in [0.2, 0.25) is 0 Å². The number of nitrogens with zero attached hydrogens (tertiary/aromatic N) is 3. The average Bonchev–Trinajstić information content (AvgIpc) is 2.75. The summed E-state index contributed by atoms with van der Waals surface area (Å²) in [6.07, 6.45) is 0.916. The first-order valence-corrected chi connectivity index (χ1v) is 12.5. The highest BCUT2D eigenvalue weighted by Gasteiger charge is 2.30. The van der Waals surface area contributed by atoms with E-state index in [4.69, 9.17) is 0 Å². The van der Waals surface area contributed by atoms with Crippen LogP contribution in [0, 0.1) is 17.0 Å². The van der Waals surface area contributed by atoms with Crippen LogP contribution in [0.4, 0.5) is 11.4 Å². The van der Waals surface area contributed by atoms with Gasteiger partial charge in [0.25, 0.3) is 5.69 Å². The molecule has 0 unspecified atom stereocenters. The van der Waals surface area contributed by atoms with Crippen molar-refractivity contribution in [2.24, 2.45) is 0 Å². The van der Waals surface area contributed by atoms with Crippen molar-refractivity contribution in [2.75, 3.05) is 24.2 Å². The second-order valence-electron chi connectivity index (χ2n) is 7.44. The van der Waals surface area contributed by atoms with E-state index in [1.54, 1.807) is 38.1 Å². The van der Waals surface area contributed by atoms with Gasteiger partial charge in [-0.3, -0.25) is 24.0 Å². The van der Waals surface area contributed by atoms with Gasteiger partial charge in [0.2, 0.25) is 21.8 Å². The molecule has 0 spiro atoms. The molecule has 0 fully saturated rings. The largest absolute Gasteiger partial charge is 0.357 e. The minimum atomic E-state index is -3.99. The molecule has 2 aromatic rings. The molecule has 2 amide bonds. The second-order valence-corrected chi connectivity index (χ2v) is 10.3. The molecular formula is C21H25BrN4O6S. The molecule has 2 rings (SSSR count). The molecule has 0 aliphatic carbocycles. The number of non-ortho nitro benzene ring substituents is 1. The number of benzene rings is 2. The lowest BCUT2D eigenvalue weighted by molar-refractivity contribution is -0.384. The summed E-state index contributed by atoms with van der Waals surface area (Å²) in [7, 11) is -2.54. The van der Waals surface area contributed by atoms with E-state index in [1.807, 2.05) is 0 Å². The Morgan fingerprint density at radius 2 is 1.79 bits per heavy atom. The lowest BCUT2D eigenvalue weighted by Crippen LogP contribution is -2.50. The highest BCUT2D eigenvalue weighted by Crippen LogP contribution is 2.28. The number of carbonyl (C=O) groups is 2. The van der Waals surface area contributed by atoms with Crippen LogP contribution in [-0.4, -0.2) is 55.9 Å². The van der Waals surface area contributed by atoms with E-state index in [1.165, 1.54) is 24.1 Å². The number of aryl methyl sites for hydroxylation is 1. The Labute approximate surface area is 200 Å². The first kappa shape index (κ1) is 26.3. The number of nitro benzene ring substituents is 1. The molecule has 1 atom stereocenters. The minimum absolute atomic E-state index is 0.0243. The highest BCUT2D eigenvalue weighted by atomic mass is 79.9. The van der Waals surface area contributed by atoms with E-state index in [9.17, 15) is 28.1 Å². The Bertz CT molecular complexity index is 1150. The Morgan fingerprint density at radius 3 is 2.30 bits per heavy atom. The van der Waals surface area contributed by atoms with Crippen molar-refractivity contribution in [1.82, 2.24) is 10.2 Å². The molecule has 0 aliphatic rings. The molecule has 33 heavy (non-hydrogen) atoms. The Morgan fingerprint density at radius 1 is 1.18 bits per heavy atom. The summed E-state index contributed by atoms with van der Waals surface area (Å²) in [5.41, 5.74) is 0.899. The van der Waals surface area contributed by atoms with Crippen LogP contribution >= 0.6 is 15.9 Å². The van der Waals surface area contributed by atoms with Crippen molar-refractivity contribution in [2.45, 2.75) is 26.4 Å². The topological polar surface area (TPSA) is 130 Å². The molecule has 0 aromatic heterocycles. The molecule has 0 saturated carbocycles. The van der Waals surface area contributed by atoms with Crippen molar-refractivity contribution in [3.63, 3.8) is 0 Å². The number of hydrogen-bond donors (Lipinski definition) is 1. The van der Waals surface area contributed by atoms with Gasteiger partial charge in [0.05, 0.1) is 16.9 Å². The maximum absolute atomic E-state index is 13.3. The predicted molar refractivity (Wildman–Crippen MR) is 128 cm³/mol. The molecular weight excluding hydrogens is 516 g/mol. The van der Waals surface area contributed by atoms with Gasteiger partial charge in [-0.15, -0.1) is 0 Å². The number of hydrogen-bond acceptors (Lipinski definition) is 6. The maximum Gasteiger partial charge on any atom is 0.271 e. The second kappa shape index (κ2) is 10.8. The smallest absolute Gasteiger partial charge is 0.271 e. The molecule has 0 saturated heterocycles. The molecule has 2 aromatic carbocycles. The number of likely N-dealkylation sites (N-methyl/N-ethyl adjacent to an activating group) is 1. The molecule has 1 N–H and O–H groups in total. The zero-order valence-corrected chi connectivity index (χ0v) is 21.0. The van der Waals surface area contributed by atoms with Crippen LogP contribution < -0.4 is 9.62 Å². The lowest BCUT2D eigenvalue weighted by atomic mass is 10.1. The number of carbonyl (C=O) groups excluding carboxylic acids is 2. The monoisotopic (exact) mass is 540 g/mol. The number of amides is 2. The van der Waals surface area contributed by atoms with Crippen molar-refractivity contribution in [1.29, 1.82) is 0 Å². The Hall–Kier alpha value is -2.99. The van der Waals surface area contributed by atoms with Gasteiger partial charge < -0.3 is 10.2 Å². The quantitative estimate of drug-likeness (QED) is 0.384. The van der Waals surface area contributed by atoms with Crippen LogP contribution in [-0.2, 0) is 26.2 Å². The number of sulfonamides is 1. The third-order valence-corrected chi connectivity index (χ3v) is 6.69. The van der Waals surface area contributed by atoms with Gasteiger partial charge in [-0.25, -0.2) is 8.42 Å². The first-order chi connectivity index (χ1) is 15.3. The van der Waals surface area contributed by atoms with E-state index in [0.717, 1.165) is 26.7 Å². The van der Waals surface area contributed by atoms with E-state index in [2.05, 4.69) is 21.2 Å². The highest BCUT2D eigenvalue weighted by molar-refractivity contribution is 9.10. The van der Waals surface area contributed by atoms with Crippen LogP contribution in [0.25, 0.3) is 0 Å². The summed E-state index contributed by atoms with van der Waals surface area (Å²) in [5.74, 6) is -1.05. The van der Waals surface area contributed by atoms with Gasteiger partial charge in [-0.1, -0.05) is 34.1 Å². The average molecular weight is 541 g/mol. The van der Waals surface area contributed by atoms with Crippen molar-refractivity contribution in [3.05, 3.63) is 68.2 Å². The van der Waals surface area contributed by atoms with Crippen molar-refractivity contribution >= 4 is 49.1 Å². The van der Waals surface area contributed by atoms with Gasteiger partial charge in [0.1, 0.15) is 12.6 Å². The third kappa shape index (κ3) is 6.75. The standard InChI is InChI=1S/C21H25BrN4O6S/c1-14-5-10-18(26(29)30)11-19(14)25(33(4,31)32)13-20(27)24(15(2)21(28)23-3)12-16-6-8-17(22)9-7-16/h5-11,15H,12-13H2,1-4H3,(H,23,28)/t15-/m1/s1. The van der Waals surface area contributed by atoms with E-state index in [-0.39, 0.29) is 17.9 Å². The molecule has 10 nitrogen and oxygen atoms in total. The molecule has 0 bridgehead atoms. The zero-order chi connectivity index (χ0) is 24.9. The van der Waals surface area contributed by atoms with Gasteiger partial charge >= 0.3 is 0 Å². The molecule has 0 radical (unpaired) electrons. The fourth-order valence-corrected chi connectivity index (χ4v) is 4.32. The predicted octanol–water partition coefficient (Wildman–Crippen LogP) is 2.60. The molecule has 12 heteroatoms. The van der Waals surface area contributed by atoms with Gasteiger partial charge in [0.15, 0.2) is 0 Å². The molecule has 178 valence electrons. The number of nitrogens with one attached hydrogen (secondary N) is 1. The summed E-state index contributed by atoms with van der Waals surface area (Å²) in [6, 6.07) is 10.0. The third-order valence-electron chi connectivity index (χ3n) is 5.03. The summed E-state index contributed by atoms with van der Waals surface area (Å²) < 4.78 is 26.8. The number of rotatable bonds is 9. The number of anilines is 1. The summed E-state index contributed by atoms with van der Waals surface area (Å²) in [5, 5.41) is 13.7. The fraction of sp³-hybridized carbons (Fsp3) is 0.333. The van der Waals surface area contributed by atoms with Crippen molar-refractivity contribution < 1.29 is 22.9 Å². The van der Waals surface area contributed by atoms with Crippen LogP contribution in [0.3, 0.4) is 0 Å². The first-order valence-electron chi connectivity index (χ1n) is 9.83. The summed E-state index contributed by atoms with van der Waals surface area (Å²) in [4.78, 5) is 37.5. The van der Waals surface area contributed by atoms with Crippen LogP contribution in [0.1, 0.15) is 18.1 Å². The van der Waals surface area contributed by atoms with Gasteiger partial charge in [-0.05, 0) is 37.1 Å².